The predicted octanol–water partition coefficient (Wildman–Crippen LogP) is 2.76. The first kappa shape index (κ1) is 22.7. The number of nitrogens with one attached hydrogen (secondary N) is 2. The highest BCUT2D eigenvalue weighted by Gasteiger charge is 2.08. The second-order valence-corrected chi connectivity index (χ2v) is 6.32. The topological polar surface area (TPSA) is 98.2 Å². The van der Waals surface area contributed by atoms with Crippen molar-refractivity contribution in [3.8, 4) is 17.2 Å². The molecule has 30 heavy (non-hydrogen) atoms. The SMILES string of the molecule is CCCCOc1ccc(C(=O)NCC(=O)N/N=C/c2ccc(OC)c(OC)c2)cc1. The molecule has 0 heterocycles. The lowest BCUT2D eigenvalue weighted by Crippen LogP contribution is -2.34. The summed E-state index contributed by atoms with van der Waals surface area (Å²) in [5, 5.41) is 6.43. The number of rotatable bonds is 11. The minimum absolute atomic E-state index is 0.198. The molecule has 0 aliphatic heterocycles. The zero-order chi connectivity index (χ0) is 21.8. The highest BCUT2D eigenvalue weighted by Crippen LogP contribution is 2.26. The molecule has 0 saturated carbocycles. The second-order valence-electron chi connectivity index (χ2n) is 6.32. The fraction of sp³-hybridized carbons (Fsp3) is 0.318. The van der Waals surface area contributed by atoms with Crippen LogP contribution in [0.3, 0.4) is 0 Å². The van der Waals surface area contributed by atoms with Crippen LogP contribution in [0, 0.1) is 0 Å². The maximum atomic E-state index is 12.2. The zero-order valence-corrected chi connectivity index (χ0v) is 17.4. The minimum atomic E-state index is -0.445. The largest absolute Gasteiger partial charge is 0.494 e. The number of benzene rings is 2. The first-order chi connectivity index (χ1) is 14.6. The summed E-state index contributed by atoms with van der Waals surface area (Å²) in [5.74, 6) is 1.07. The van der Waals surface area contributed by atoms with E-state index in [0.717, 1.165) is 18.4 Å². The number of carbonyl (C=O) groups is 2. The summed E-state index contributed by atoms with van der Waals surface area (Å²) < 4.78 is 15.9. The summed E-state index contributed by atoms with van der Waals surface area (Å²) >= 11 is 0. The van der Waals surface area contributed by atoms with Gasteiger partial charge in [-0.15, -0.1) is 0 Å². The van der Waals surface area contributed by atoms with Gasteiger partial charge in [0, 0.05) is 5.56 Å². The molecule has 0 aliphatic carbocycles. The number of hydrogen-bond donors (Lipinski definition) is 2. The number of hydrazone groups is 1. The fourth-order valence-corrected chi connectivity index (χ4v) is 2.45. The molecule has 0 aromatic heterocycles. The van der Waals surface area contributed by atoms with Gasteiger partial charge in [0.25, 0.3) is 11.8 Å². The van der Waals surface area contributed by atoms with Crippen LogP contribution in [0.15, 0.2) is 47.6 Å². The van der Waals surface area contributed by atoms with Crippen LogP contribution in [0.4, 0.5) is 0 Å². The van der Waals surface area contributed by atoms with E-state index in [1.807, 2.05) is 0 Å². The van der Waals surface area contributed by atoms with Crippen LogP contribution < -0.4 is 25.0 Å². The lowest BCUT2D eigenvalue weighted by Gasteiger charge is -2.08. The van der Waals surface area contributed by atoms with E-state index in [-0.39, 0.29) is 12.5 Å². The molecule has 2 rings (SSSR count). The molecule has 2 amide bonds. The van der Waals surface area contributed by atoms with Gasteiger partial charge < -0.3 is 19.5 Å². The third-order valence-electron chi connectivity index (χ3n) is 4.10. The van der Waals surface area contributed by atoms with Crippen LogP contribution in [0.5, 0.6) is 17.2 Å². The van der Waals surface area contributed by atoms with Crippen molar-refractivity contribution in [2.75, 3.05) is 27.4 Å². The summed E-state index contributed by atoms with van der Waals surface area (Å²) in [5.41, 5.74) is 3.53. The standard InChI is InChI=1S/C22H27N3O5/c1-4-5-12-30-18-9-7-17(8-10-18)22(27)23-15-21(26)25-24-14-16-6-11-19(28-2)20(13-16)29-3/h6-11,13-14H,4-5,12,15H2,1-3H3,(H,23,27)(H,25,26)/b24-14+. The van der Waals surface area contributed by atoms with Gasteiger partial charge in [-0.2, -0.15) is 5.10 Å². The third kappa shape index (κ3) is 7.12. The van der Waals surface area contributed by atoms with Crippen LogP contribution in [0.25, 0.3) is 0 Å². The van der Waals surface area contributed by atoms with Crippen molar-refractivity contribution < 1.29 is 23.8 Å². The summed E-state index contributed by atoms with van der Waals surface area (Å²) in [7, 11) is 3.09. The van der Waals surface area contributed by atoms with Gasteiger partial charge in [-0.3, -0.25) is 9.59 Å². The number of hydrogen-bond acceptors (Lipinski definition) is 6. The second kappa shape index (κ2) is 12.1. The Morgan fingerprint density at radius 2 is 1.77 bits per heavy atom. The van der Waals surface area contributed by atoms with Crippen molar-refractivity contribution in [3.63, 3.8) is 0 Å². The Morgan fingerprint density at radius 3 is 2.43 bits per heavy atom. The normalized spacial score (nSPS) is 10.5. The number of amides is 2. The van der Waals surface area contributed by atoms with Gasteiger partial charge in [0.05, 0.1) is 33.6 Å². The van der Waals surface area contributed by atoms with Gasteiger partial charge >= 0.3 is 0 Å². The minimum Gasteiger partial charge on any atom is -0.494 e. The number of methoxy groups -OCH3 is 2. The first-order valence-corrected chi connectivity index (χ1v) is 9.62. The van der Waals surface area contributed by atoms with E-state index >= 15 is 0 Å². The Kier molecular flexibility index (Phi) is 9.18. The highest BCUT2D eigenvalue weighted by molar-refractivity contribution is 5.96. The molecular formula is C22H27N3O5. The lowest BCUT2D eigenvalue weighted by molar-refractivity contribution is -0.120. The van der Waals surface area contributed by atoms with Crippen molar-refractivity contribution in [2.45, 2.75) is 19.8 Å². The Labute approximate surface area is 176 Å². The van der Waals surface area contributed by atoms with E-state index in [9.17, 15) is 9.59 Å². The molecule has 0 saturated heterocycles. The van der Waals surface area contributed by atoms with Crippen LogP contribution in [0.2, 0.25) is 0 Å². The molecule has 2 N–H and O–H groups in total. The summed E-state index contributed by atoms with van der Waals surface area (Å²) in [6, 6.07) is 12.0. The number of nitrogens with zero attached hydrogens (tertiary/aromatic N) is 1. The van der Waals surface area contributed by atoms with Gasteiger partial charge in [0.2, 0.25) is 0 Å². The quantitative estimate of drug-likeness (QED) is 0.335. The molecule has 0 fully saturated rings. The monoisotopic (exact) mass is 413 g/mol. The van der Waals surface area contributed by atoms with E-state index < -0.39 is 5.91 Å². The molecule has 2 aromatic rings. The van der Waals surface area contributed by atoms with Crippen molar-refractivity contribution in [1.82, 2.24) is 10.7 Å². The van der Waals surface area contributed by atoms with E-state index in [1.54, 1.807) is 49.6 Å². The van der Waals surface area contributed by atoms with Crippen molar-refractivity contribution in [3.05, 3.63) is 53.6 Å². The lowest BCUT2D eigenvalue weighted by atomic mass is 10.2. The molecular weight excluding hydrogens is 386 g/mol. The van der Waals surface area contributed by atoms with E-state index in [0.29, 0.717) is 29.4 Å². The van der Waals surface area contributed by atoms with Gasteiger partial charge in [-0.05, 0) is 54.4 Å². The van der Waals surface area contributed by atoms with Crippen molar-refractivity contribution >= 4 is 18.0 Å². The summed E-state index contributed by atoms with van der Waals surface area (Å²) in [6.45, 7) is 2.54. The van der Waals surface area contributed by atoms with Crippen molar-refractivity contribution in [2.24, 2.45) is 5.10 Å². The fourth-order valence-electron chi connectivity index (χ4n) is 2.45. The Bertz CT molecular complexity index is 866. The smallest absolute Gasteiger partial charge is 0.259 e. The molecule has 0 radical (unpaired) electrons. The average molecular weight is 413 g/mol. The van der Waals surface area contributed by atoms with Gasteiger partial charge in [0.1, 0.15) is 5.75 Å². The van der Waals surface area contributed by atoms with Crippen molar-refractivity contribution in [1.29, 1.82) is 0 Å². The first-order valence-electron chi connectivity index (χ1n) is 9.62. The summed E-state index contributed by atoms with van der Waals surface area (Å²) in [6.07, 6.45) is 3.51. The van der Waals surface area contributed by atoms with E-state index in [2.05, 4.69) is 22.8 Å². The summed E-state index contributed by atoms with van der Waals surface area (Å²) in [4.78, 5) is 24.0. The van der Waals surface area contributed by atoms with Crippen LogP contribution in [-0.4, -0.2) is 45.4 Å². The molecule has 0 spiro atoms. The number of unbranched alkanes of at least 4 members (excludes halogenated alkanes) is 1. The van der Waals surface area contributed by atoms with E-state index in [1.165, 1.54) is 13.3 Å². The van der Waals surface area contributed by atoms with Gasteiger partial charge in [0.15, 0.2) is 11.5 Å². The molecule has 0 unspecified atom stereocenters. The van der Waals surface area contributed by atoms with E-state index in [4.69, 9.17) is 14.2 Å². The Morgan fingerprint density at radius 1 is 1.03 bits per heavy atom. The van der Waals surface area contributed by atoms with Gasteiger partial charge in [-0.25, -0.2) is 5.43 Å². The van der Waals surface area contributed by atoms with Crippen LogP contribution in [-0.2, 0) is 4.79 Å². The molecule has 0 atom stereocenters. The predicted molar refractivity (Wildman–Crippen MR) is 114 cm³/mol. The van der Waals surface area contributed by atoms with Crippen LogP contribution in [0.1, 0.15) is 35.7 Å². The molecule has 8 heteroatoms. The average Bonchev–Trinajstić information content (AvgIpc) is 2.78. The zero-order valence-electron chi connectivity index (χ0n) is 17.4. The Balaban J connectivity index is 1.78. The number of carbonyl (C=O) groups excluding carboxylic acids is 2. The molecule has 2 aromatic carbocycles. The van der Waals surface area contributed by atoms with Crippen LogP contribution >= 0.6 is 0 Å². The van der Waals surface area contributed by atoms with Gasteiger partial charge in [-0.1, -0.05) is 13.3 Å². The Hall–Kier alpha value is -3.55. The molecule has 0 bridgehead atoms. The maximum Gasteiger partial charge on any atom is 0.259 e. The molecule has 8 nitrogen and oxygen atoms in total. The highest BCUT2D eigenvalue weighted by atomic mass is 16.5. The number of ether oxygens (including phenoxy) is 3. The third-order valence-corrected chi connectivity index (χ3v) is 4.10. The molecule has 0 aliphatic rings. The molecule has 160 valence electrons. The maximum absolute atomic E-state index is 12.2.